The Bertz CT molecular complexity index is 247. The highest BCUT2D eigenvalue weighted by Gasteiger charge is 2.38. The molecule has 1 aliphatic rings. The number of nitrogens with one attached hydrogen (secondary N) is 1. The zero-order chi connectivity index (χ0) is 14.5. The van der Waals surface area contributed by atoms with Crippen molar-refractivity contribution in [2.75, 3.05) is 26.2 Å². The summed E-state index contributed by atoms with van der Waals surface area (Å²) in [5.41, 5.74) is -0.0768. The Labute approximate surface area is 120 Å². The van der Waals surface area contributed by atoms with Gasteiger partial charge < -0.3 is 10.1 Å². The molecule has 0 amide bonds. The van der Waals surface area contributed by atoms with Crippen molar-refractivity contribution in [1.82, 2.24) is 10.2 Å². The minimum absolute atomic E-state index is 0.0384. The van der Waals surface area contributed by atoms with Gasteiger partial charge in [-0.1, -0.05) is 20.3 Å². The third-order valence-corrected chi connectivity index (χ3v) is 3.56. The fraction of sp³-hybridized carbons (Fsp3) is 1.00. The summed E-state index contributed by atoms with van der Waals surface area (Å²) in [7, 11) is 0. The first-order chi connectivity index (χ1) is 8.78. The second-order valence-corrected chi connectivity index (χ2v) is 7.23. The third kappa shape index (κ3) is 6.24. The SMILES string of the molecule is CCCNC(CCC)CN1CC(C)(C)OC(C)(C)C1. The molecule has 3 nitrogen and oxygen atoms in total. The molecule has 3 heteroatoms. The average molecular weight is 270 g/mol. The summed E-state index contributed by atoms with van der Waals surface area (Å²) >= 11 is 0. The minimum atomic E-state index is -0.0384. The van der Waals surface area contributed by atoms with Gasteiger partial charge in [0, 0.05) is 25.7 Å². The number of hydrogen-bond acceptors (Lipinski definition) is 3. The van der Waals surface area contributed by atoms with Crippen LogP contribution in [0, 0.1) is 0 Å². The molecule has 1 heterocycles. The van der Waals surface area contributed by atoms with Crippen LogP contribution in [0.2, 0.25) is 0 Å². The third-order valence-electron chi connectivity index (χ3n) is 3.56. The van der Waals surface area contributed by atoms with E-state index in [0.717, 1.165) is 26.2 Å². The summed E-state index contributed by atoms with van der Waals surface area (Å²) in [6.07, 6.45) is 3.72. The number of hydrogen-bond donors (Lipinski definition) is 1. The van der Waals surface area contributed by atoms with Crippen LogP contribution in [0.3, 0.4) is 0 Å². The van der Waals surface area contributed by atoms with Crippen LogP contribution in [0.15, 0.2) is 0 Å². The Hall–Kier alpha value is -0.120. The van der Waals surface area contributed by atoms with Crippen molar-refractivity contribution in [2.45, 2.75) is 78.0 Å². The zero-order valence-corrected chi connectivity index (χ0v) is 13.9. The molecule has 0 aromatic rings. The smallest absolute Gasteiger partial charge is 0.0760 e. The summed E-state index contributed by atoms with van der Waals surface area (Å²) in [5, 5.41) is 3.69. The first-order valence-corrected chi connectivity index (χ1v) is 7.94. The van der Waals surface area contributed by atoms with Crippen molar-refractivity contribution < 1.29 is 4.74 Å². The van der Waals surface area contributed by atoms with Crippen molar-refractivity contribution in [2.24, 2.45) is 0 Å². The standard InChI is InChI=1S/C16H34N2O/c1-7-9-14(17-10-8-2)11-18-12-15(3,4)19-16(5,6)13-18/h14,17H,7-13H2,1-6H3. The van der Waals surface area contributed by atoms with Gasteiger partial charge in [-0.15, -0.1) is 0 Å². The molecule has 0 aromatic heterocycles. The highest BCUT2D eigenvalue weighted by atomic mass is 16.5. The lowest BCUT2D eigenvalue weighted by atomic mass is 9.98. The molecular formula is C16H34N2O. The monoisotopic (exact) mass is 270 g/mol. The fourth-order valence-electron chi connectivity index (χ4n) is 3.34. The molecule has 1 unspecified atom stereocenters. The molecule has 1 fully saturated rings. The van der Waals surface area contributed by atoms with Crippen LogP contribution in [0.4, 0.5) is 0 Å². The van der Waals surface area contributed by atoms with E-state index in [1.54, 1.807) is 0 Å². The lowest BCUT2D eigenvalue weighted by Crippen LogP contribution is -2.59. The highest BCUT2D eigenvalue weighted by Crippen LogP contribution is 2.28. The second kappa shape index (κ2) is 7.05. The molecular weight excluding hydrogens is 236 g/mol. The second-order valence-electron chi connectivity index (χ2n) is 7.23. The summed E-state index contributed by atoms with van der Waals surface area (Å²) in [6.45, 7) is 17.7. The Morgan fingerprint density at radius 1 is 1.05 bits per heavy atom. The zero-order valence-electron chi connectivity index (χ0n) is 13.9. The van der Waals surface area contributed by atoms with Crippen molar-refractivity contribution in [3.8, 4) is 0 Å². The van der Waals surface area contributed by atoms with Crippen LogP contribution in [-0.4, -0.2) is 48.3 Å². The van der Waals surface area contributed by atoms with E-state index in [1.165, 1.54) is 19.3 Å². The van der Waals surface area contributed by atoms with E-state index in [1.807, 2.05) is 0 Å². The molecule has 0 saturated carbocycles. The maximum Gasteiger partial charge on any atom is 0.0760 e. The van der Waals surface area contributed by atoms with E-state index in [2.05, 4.69) is 51.8 Å². The van der Waals surface area contributed by atoms with E-state index in [0.29, 0.717) is 6.04 Å². The minimum Gasteiger partial charge on any atom is -0.367 e. The Kier molecular flexibility index (Phi) is 6.28. The van der Waals surface area contributed by atoms with Gasteiger partial charge in [-0.2, -0.15) is 0 Å². The van der Waals surface area contributed by atoms with Crippen LogP contribution in [0.25, 0.3) is 0 Å². The van der Waals surface area contributed by atoms with Gasteiger partial charge >= 0.3 is 0 Å². The number of nitrogens with zero attached hydrogens (tertiary/aromatic N) is 1. The van der Waals surface area contributed by atoms with Gasteiger partial charge in [0.2, 0.25) is 0 Å². The molecule has 0 spiro atoms. The highest BCUT2D eigenvalue weighted by molar-refractivity contribution is 4.90. The molecule has 0 aromatic carbocycles. The van der Waals surface area contributed by atoms with Crippen LogP contribution < -0.4 is 5.32 Å². The van der Waals surface area contributed by atoms with Crippen LogP contribution in [0.1, 0.15) is 60.8 Å². The van der Waals surface area contributed by atoms with Crippen molar-refractivity contribution in [3.05, 3.63) is 0 Å². The average Bonchev–Trinajstić information content (AvgIpc) is 2.21. The van der Waals surface area contributed by atoms with Gasteiger partial charge in [0.25, 0.3) is 0 Å². The Balaban J connectivity index is 2.56. The maximum atomic E-state index is 6.15. The quantitative estimate of drug-likeness (QED) is 0.769. The van der Waals surface area contributed by atoms with E-state index in [9.17, 15) is 0 Å². The van der Waals surface area contributed by atoms with Crippen LogP contribution in [0.5, 0.6) is 0 Å². The molecule has 1 N–H and O–H groups in total. The van der Waals surface area contributed by atoms with Crippen molar-refractivity contribution in [3.63, 3.8) is 0 Å². The van der Waals surface area contributed by atoms with Gasteiger partial charge in [0.15, 0.2) is 0 Å². The molecule has 0 radical (unpaired) electrons. The van der Waals surface area contributed by atoms with E-state index >= 15 is 0 Å². The summed E-state index contributed by atoms with van der Waals surface area (Å²) in [4.78, 5) is 2.58. The Morgan fingerprint density at radius 2 is 1.63 bits per heavy atom. The summed E-state index contributed by atoms with van der Waals surface area (Å²) in [6, 6.07) is 0.620. The van der Waals surface area contributed by atoms with E-state index in [-0.39, 0.29) is 11.2 Å². The first-order valence-electron chi connectivity index (χ1n) is 7.94. The fourth-order valence-corrected chi connectivity index (χ4v) is 3.34. The molecule has 1 rings (SSSR count). The predicted octanol–water partition coefficient (Wildman–Crippen LogP) is 3.04. The van der Waals surface area contributed by atoms with Crippen LogP contribution in [-0.2, 0) is 4.74 Å². The molecule has 1 atom stereocenters. The lowest BCUT2D eigenvalue weighted by molar-refractivity contribution is -0.181. The van der Waals surface area contributed by atoms with E-state index < -0.39 is 0 Å². The topological polar surface area (TPSA) is 24.5 Å². The normalized spacial score (nSPS) is 24.3. The molecule has 1 saturated heterocycles. The Morgan fingerprint density at radius 3 is 2.11 bits per heavy atom. The van der Waals surface area contributed by atoms with Crippen molar-refractivity contribution in [1.29, 1.82) is 0 Å². The van der Waals surface area contributed by atoms with Gasteiger partial charge in [0.1, 0.15) is 0 Å². The molecule has 0 aliphatic carbocycles. The first kappa shape index (κ1) is 16.9. The number of morpholine rings is 1. The number of rotatable bonds is 7. The predicted molar refractivity (Wildman–Crippen MR) is 82.7 cm³/mol. The largest absolute Gasteiger partial charge is 0.367 e. The summed E-state index contributed by atoms with van der Waals surface area (Å²) < 4.78 is 6.15. The van der Waals surface area contributed by atoms with Gasteiger partial charge in [0.05, 0.1) is 11.2 Å². The molecule has 0 bridgehead atoms. The molecule has 1 aliphatic heterocycles. The lowest BCUT2D eigenvalue weighted by Gasteiger charge is -2.48. The van der Waals surface area contributed by atoms with Crippen LogP contribution >= 0.6 is 0 Å². The van der Waals surface area contributed by atoms with Gasteiger partial charge in [-0.25, -0.2) is 0 Å². The van der Waals surface area contributed by atoms with Crippen molar-refractivity contribution >= 4 is 0 Å². The number of ether oxygens (including phenoxy) is 1. The maximum absolute atomic E-state index is 6.15. The summed E-state index contributed by atoms with van der Waals surface area (Å²) in [5.74, 6) is 0. The van der Waals surface area contributed by atoms with E-state index in [4.69, 9.17) is 4.74 Å². The van der Waals surface area contributed by atoms with Gasteiger partial charge in [-0.3, -0.25) is 4.90 Å². The van der Waals surface area contributed by atoms with Gasteiger partial charge in [-0.05, 0) is 47.1 Å². The molecule has 114 valence electrons. The molecule has 19 heavy (non-hydrogen) atoms.